The molecule has 1 heterocycles. The van der Waals surface area contributed by atoms with Crippen LogP contribution < -0.4 is 14.2 Å². The molecule has 1 aromatic heterocycles. The fourth-order valence-electron chi connectivity index (χ4n) is 3.30. The number of aromatic nitrogens is 1. The minimum absolute atomic E-state index is 0.0757. The van der Waals surface area contributed by atoms with Crippen LogP contribution in [-0.2, 0) is 17.8 Å². The van der Waals surface area contributed by atoms with E-state index in [0.29, 0.717) is 29.7 Å². The molecule has 0 saturated heterocycles. The maximum Gasteiger partial charge on any atom is 0.416 e. The number of oxazole rings is 1. The van der Waals surface area contributed by atoms with E-state index in [0.717, 1.165) is 34.8 Å². The molecule has 9 heteroatoms. The summed E-state index contributed by atoms with van der Waals surface area (Å²) >= 11 is 0. The first-order valence-electron chi connectivity index (χ1n) is 10.8. The average molecular weight is 469 g/mol. The normalized spacial score (nSPS) is 10.6. The zero-order valence-electron chi connectivity index (χ0n) is 19.4. The molecule has 0 atom stereocenters. The lowest BCUT2D eigenvalue weighted by Crippen LogP contribution is -2.37. The Morgan fingerprint density at radius 1 is 1.00 bits per heavy atom. The molecule has 2 aromatic carbocycles. The predicted octanol–water partition coefficient (Wildman–Crippen LogP) is 4.40. The SMILES string of the molecule is COc1ccc(OC(=O)N(CC(=O)O)Cc2ccc(OCCCc3nc(C)oc3C)cc2)cc1. The molecule has 0 radical (unpaired) electrons. The molecule has 0 bridgehead atoms. The van der Waals surface area contributed by atoms with Gasteiger partial charge in [0, 0.05) is 13.5 Å². The molecule has 3 rings (SSSR count). The fraction of sp³-hybridized carbons (Fsp3) is 0.320. The maximum atomic E-state index is 12.6. The number of carbonyl (C=O) groups is 2. The van der Waals surface area contributed by atoms with Crippen molar-refractivity contribution < 1.29 is 33.3 Å². The molecule has 3 aromatic rings. The van der Waals surface area contributed by atoms with Crippen LogP contribution in [-0.4, -0.2) is 47.3 Å². The second-order valence-corrected chi connectivity index (χ2v) is 7.63. The number of aliphatic carboxylic acids is 1. The molecule has 1 N–H and O–H groups in total. The highest BCUT2D eigenvalue weighted by molar-refractivity contribution is 5.78. The van der Waals surface area contributed by atoms with Crippen molar-refractivity contribution in [1.82, 2.24) is 9.88 Å². The zero-order chi connectivity index (χ0) is 24.5. The third-order valence-electron chi connectivity index (χ3n) is 4.97. The van der Waals surface area contributed by atoms with E-state index in [2.05, 4.69) is 4.98 Å². The van der Waals surface area contributed by atoms with Crippen LogP contribution in [0.1, 0.15) is 29.3 Å². The van der Waals surface area contributed by atoms with Crippen LogP contribution >= 0.6 is 0 Å². The van der Waals surface area contributed by atoms with Crippen LogP contribution in [0.4, 0.5) is 4.79 Å². The Morgan fingerprint density at radius 3 is 2.24 bits per heavy atom. The third-order valence-corrected chi connectivity index (χ3v) is 4.97. The summed E-state index contributed by atoms with van der Waals surface area (Å²) in [6, 6.07) is 13.6. The number of amides is 1. The van der Waals surface area contributed by atoms with Crippen molar-refractivity contribution in [2.24, 2.45) is 0 Å². The van der Waals surface area contributed by atoms with Gasteiger partial charge in [-0.1, -0.05) is 12.1 Å². The predicted molar refractivity (Wildman–Crippen MR) is 123 cm³/mol. The van der Waals surface area contributed by atoms with Crippen LogP contribution in [0.15, 0.2) is 52.9 Å². The van der Waals surface area contributed by atoms with Crippen molar-refractivity contribution >= 4 is 12.1 Å². The highest BCUT2D eigenvalue weighted by Gasteiger charge is 2.19. The molecule has 0 fully saturated rings. The third kappa shape index (κ3) is 7.26. The van der Waals surface area contributed by atoms with Crippen LogP contribution in [0.25, 0.3) is 0 Å². The minimum Gasteiger partial charge on any atom is -0.497 e. The highest BCUT2D eigenvalue weighted by atomic mass is 16.6. The van der Waals surface area contributed by atoms with Crippen molar-refractivity contribution in [3.8, 4) is 17.2 Å². The largest absolute Gasteiger partial charge is 0.497 e. The molecule has 0 aliphatic carbocycles. The Bertz CT molecular complexity index is 1090. The molecule has 1 amide bonds. The van der Waals surface area contributed by atoms with Gasteiger partial charge in [0.05, 0.1) is 19.4 Å². The lowest BCUT2D eigenvalue weighted by atomic mass is 10.2. The molecule has 0 saturated carbocycles. The first-order valence-corrected chi connectivity index (χ1v) is 10.8. The lowest BCUT2D eigenvalue weighted by Gasteiger charge is -2.20. The number of carbonyl (C=O) groups excluding carboxylic acids is 1. The minimum atomic E-state index is -1.14. The van der Waals surface area contributed by atoms with E-state index in [9.17, 15) is 14.7 Å². The van der Waals surface area contributed by atoms with Gasteiger partial charge in [0.25, 0.3) is 0 Å². The fourth-order valence-corrected chi connectivity index (χ4v) is 3.30. The van der Waals surface area contributed by atoms with Crippen molar-refractivity contribution in [2.45, 2.75) is 33.2 Å². The molecule has 0 spiro atoms. The summed E-state index contributed by atoms with van der Waals surface area (Å²) < 4.78 is 21.6. The Hall–Kier alpha value is -4.01. The molecular weight excluding hydrogens is 440 g/mol. The van der Waals surface area contributed by atoms with Crippen LogP contribution in [0.3, 0.4) is 0 Å². The zero-order valence-corrected chi connectivity index (χ0v) is 19.4. The van der Waals surface area contributed by atoms with Crippen molar-refractivity contribution in [2.75, 3.05) is 20.3 Å². The van der Waals surface area contributed by atoms with Crippen LogP contribution in [0, 0.1) is 13.8 Å². The number of benzene rings is 2. The maximum absolute atomic E-state index is 12.6. The van der Waals surface area contributed by atoms with E-state index in [1.807, 2.05) is 13.8 Å². The van der Waals surface area contributed by atoms with Crippen molar-refractivity contribution in [3.05, 3.63) is 71.4 Å². The van der Waals surface area contributed by atoms with Gasteiger partial charge in [0.2, 0.25) is 0 Å². The van der Waals surface area contributed by atoms with E-state index in [1.165, 1.54) is 7.11 Å². The first kappa shape index (κ1) is 24.6. The smallest absolute Gasteiger partial charge is 0.416 e. The summed E-state index contributed by atoms with van der Waals surface area (Å²) in [7, 11) is 1.53. The van der Waals surface area contributed by atoms with Gasteiger partial charge in [-0.15, -0.1) is 0 Å². The Kier molecular flexibility index (Phi) is 8.50. The van der Waals surface area contributed by atoms with Crippen LogP contribution in [0.2, 0.25) is 0 Å². The van der Waals surface area contributed by atoms with Crippen molar-refractivity contribution in [3.63, 3.8) is 0 Å². The summed E-state index contributed by atoms with van der Waals surface area (Å²) in [5.41, 5.74) is 1.69. The second kappa shape index (κ2) is 11.7. The van der Waals surface area contributed by atoms with Crippen molar-refractivity contribution in [1.29, 1.82) is 0 Å². The molecule has 0 aliphatic heterocycles. The summed E-state index contributed by atoms with van der Waals surface area (Å²) in [5, 5.41) is 9.21. The molecular formula is C25H28N2O7. The van der Waals surface area contributed by atoms with E-state index < -0.39 is 18.6 Å². The molecule has 180 valence electrons. The summed E-state index contributed by atoms with van der Waals surface area (Å²) in [6.07, 6.45) is 0.797. The van der Waals surface area contributed by atoms with E-state index in [-0.39, 0.29) is 6.54 Å². The van der Waals surface area contributed by atoms with Gasteiger partial charge in [-0.2, -0.15) is 0 Å². The number of carboxylic acids is 1. The Balaban J connectivity index is 1.52. The van der Waals surface area contributed by atoms with Gasteiger partial charge in [0.1, 0.15) is 29.6 Å². The van der Waals surface area contributed by atoms with E-state index in [1.54, 1.807) is 48.5 Å². The Morgan fingerprint density at radius 2 is 1.65 bits per heavy atom. The van der Waals surface area contributed by atoms with Crippen LogP contribution in [0.5, 0.6) is 17.2 Å². The number of hydrogen-bond donors (Lipinski definition) is 1. The Labute approximate surface area is 197 Å². The molecule has 0 unspecified atom stereocenters. The number of methoxy groups -OCH3 is 1. The average Bonchev–Trinajstić information content (AvgIpc) is 3.14. The molecule has 0 aliphatic rings. The van der Waals surface area contributed by atoms with E-state index in [4.69, 9.17) is 18.6 Å². The van der Waals surface area contributed by atoms with Gasteiger partial charge < -0.3 is 23.7 Å². The second-order valence-electron chi connectivity index (χ2n) is 7.63. The van der Waals surface area contributed by atoms with Gasteiger partial charge >= 0.3 is 12.1 Å². The summed E-state index contributed by atoms with van der Waals surface area (Å²) in [4.78, 5) is 29.3. The molecule has 34 heavy (non-hydrogen) atoms. The molecule has 9 nitrogen and oxygen atoms in total. The number of hydrogen-bond acceptors (Lipinski definition) is 7. The van der Waals surface area contributed by atoms with Gasteiger partial charge in [0.15, 0.2) is 5.89 Å². The number of aryl methyl sites for hydroxylation is 3. The van der Waals surface area contributed by atoms with Gasteiger partial charge in [-0.05, 0) is 61.7 Å². The first-order chi connectivity index (χ1) is 16.3. The number of ether oxygens (including phenoxy) is 3. The quantitative estimate of drug-likeness (QED) is 0.412. The topological polar surface area (TPSA) is 111 Å². The lowest BCUT2D eigenvalue weighted by molar-refractivity contribution is -0.138. The standard InChI is InChI=1S/C25H28N2O7/c1-17-23(26-18(2)33-17)5-4-14-32-21-8-6-19(7-9-21)15-27(16-24(28)29)25(30)34-22-12-10-20(31-3)11-13-22/h6-13H,4-5,14-16H2,1-3H3,(H,28,29). The van der Waals surface area contributed by atoms with Gasteiger partial charge in [-0.25, -0.2) is 9.78 Å². The number of nitrogens with zero attached hydrogens (tertiary/aromatic N) is 2. The number of carboxylic acid groups (broad SMARTS) is 1. The van der Waals surface area contributed by atoms with Gasteiger partial charge in [-0.3, -0.25) is 9.69 Å². The summed E-state index contributed by atoms with van der Waals surface area (Å²) in [5.74, 6) is 1.95. The summed E-state index contributed by atoms with van der Waals surface area (Å²) in [6.45, 7) is 3.82. The highest BCUT2D eigenvalue weighted by Crippen LogP contribution is 2.19. The monoisotopic (exact) mass is 468 g/mol. The number of rotatable bonds is 11. The van der Waals surface area contributed by atoms with E-state index >= 15 is 0 Å².